The fourth-order valence-corrected chi connectivity index (χ4v) is 2.39. The highest BCUT2D eigenvalue weighted by atomic mass is 16.6. The van der Waals surface area contributed by atoms with Crippen LogP contribution >= 0.6 is 0 Å². The second-order valence-corrected chi connectivity index (χ2v) is 7.39. The summed E-state index contributed by atoms with van der Waals surface area (Å²) in [6, 6.07) is 0. The normalized spacial score (nSPS) is 12.6. The number of nitrogens with zero attached hydrogens (tertiary/aromatic N) is 3. The number of rotatable bonds is 8. The molecule has 1 amide bonds. The average Bonchev–Trinajstić information content (AvgIpc) is 3.00. The number of aliphatic imine (C=N–C) groups is 1. The Bertz CT molecular complexity index is 617. The SMILES string of the molecule is CCNC(=NCc1noc(C)n1)NCC(CC)(CC)NC(=O)OC(C)(C)C. The zero-order valence-electron chi connectivity index (χ0n) is 17.6. The zero-order valence-corrected chi connectivity index (χ0v) is 17.6. The van der Waals surface area contributed by atoms with Crippen LogP contribution in [0.5, 0.6) is 0 Å². The van der Waals surface area contributed by atoms with E-state index in [1.54, 1.807) is 6.92 Å². The summed E-state index contributed by atoms with van der Waals surface area (Å²) < 4.78 is 10.4. The Hall–Kier alpha value is -2.32. The fourth-order valence-electron chi connectivity index (χ4n) is 2.39. The first-order valence-corrected chi connectivity index (χ1v) is 9.45. The summed E-state index contributed by atoms with van der Waals surface area (Å²) in [5, 5.41) is 13.3. The molecule has 0 spiro atoms. The van der Waals surface area contributed by atoms with E-state index in [-0.39, 0.29) is 0 Å². The molecule has 0 aliphatic rings. The maximum absolute atomic E-state index is 12.2. The summed E-state index contributed by atoms with van der Waals surface area (Å²) >= 11 is 0. The quantitative estimate of drug-likeness (QED) is 0.467. The monoisotopic (exact) mass is 382 g/mol. The van der Waals surface area contributed by atoms with Gasteiger partial charge in [-0.1, -0.05) is 19.0 Å². The Kier molecular flexibility index (Phi) is 8.52. The second-order valence-electron chi connectivity index (χ2n) is 7.39. The number of hydrogen-bond acceptors (Lipinski definition) is 6. The van der Waals surface area contributed by atoms with Gasteiger partial charge in [0, 0.05) is 20.0 Å². The molecule has 154 valence electrons. The summed E-state index contributed by atoms with van der Waals surface area (Å²) in [5.74, 6) is 1.65. The molecule has 9 nitrogen and oxygen atoms in total. The van der Waals surface area contributed by atoms with Crippen molar-refractivity contribution in [2.24, 2.45) is 4.99 Å². The molecule has 0 fully saturated rings. The highest BCUT2D eigenvalue weighted by Gasteiger charge is 2.30. The third-order valence-electron chi connectivity index (χ3n) is 4.01. The molecule has 1 aromatic rings. The molecule has 1 aromatic heterocycles. The van der Waals surface area contributed by atoms with Crippen molar-refractivity contribution in [3.05, 3.63) is 11.7 Å². The highest BCUT2D eigenvalue weighted by Crippen LogP contribution is 2.16. The van der Waals surface area contributed by atoms with E-state index in [0.717, 1.165) is 12.8 Å². The lowest BCUT2D eigenvalue weighted by Gasteiger charge is -2.34. The van der Waals surface area contributed by atoms with Crippen molar-refractivity contribution in [1.82, 2.24) is 26.1 Å². The molecule has 0 aliphatic carbocycles. The number of aryl methyl sites for hydroxylation is 1. The highest BCUT2D eigenvalue weighted by molar-refractivity contribution is 5.80. The van der Waals surface area contributed by atoms with Gasteiger partial charge in [0.15, 0.2) is 11.8 Å². The Balaban J connectivity index is 2.76. The Labute approximate surface area is 161 Å². The predicted molar refractivity (Wildman–Crippen MR) is 105 cm³/mol. The molecular formula is C18H34N6O3. The smallest absolute Gasteiger partial charge is 0.408 e. The first-order valence-electron chi connectivity index (χ1n) is 9.45. The fraction of sp³-hybridized carbons (Fsp3) is 0.778. The maximum atomic E-state index is 12.2. The number of guanidine groups is 1. The van der Waals surface area contributed by atoms with Gasteiger partial charge in [0.25, 0.3) is 0 Å². The van der Waals surface area contributed by atoms with Gasteiger partial charge < -0.3 is 25.2 Å². The molecule has 9 heteroatoms. The van der Waals surface area contributed by atoms with Crippen molar-refractivity contribution in [3.8, 4) is 0 Å². The average molecular weight is 383 g/mol. The lowest BCUT2D eigenvalue weighted by molar-refractivity contribution is 0.0448. The van der Waals surface area contributed by atoms with E-state index in [1.165, 1.54) is 0 Å². The van der Waals surface area contributed by atoms with Crippen LogP contribution in [-0.2, 0) is 11.3 Å². The van der Waals surface area contributed by atoms with Crippen LogP contribution in [0.15, 0.2) is 9.52 Å². The molecule has 0 aliphatic heterocycles. The van der Waals surface area contributed by atoms with Crippen LogP contribution in [-0.4, -0.2) is 46.4 Å². The van der Waals surface area contributed by atoms with Gasteiger partial charge in [0.1, 0.15) is 12.1 Å². The zero-order chi connectivity index (χ0) is 20.5. The minimum Gasteiger partial charge on any atom is -0.444 e. The third kappa shape index (κ3) is 8.27. The summed E-state index contributed by atoms with van der Waals surface area (Å²) in [4.78, 5) is 20.9. The van der Waals surface area contributed by atoms with E-state index in [4.69, 9.17) is 9.26 Å². The molecule has 27 heavy (non-hydrogen) atoms. The van der Waals surface area contributed by atoms with Crippen LogP contribution < -0.4 is 16.0 Å². The summed E-state index contributed by atoms with van der Waals surface area (Å²) in [6.45, 7) is 14.9. The van der Waals surface area contributed by atoms with Gasteiger partial charge in [-0.25, -0.2) is 9.79 Å². The molecule has 0 aromatic carbocycles. The van der Waals surface area contributed by atoms with Gasteiger partial charge in [-0.3, -0.25) is 0 Å². The largest absolute Gasteiger partial charge is 0.444 e. The van der Waals surface area contributed by atoms with E-state index in [2.05, 4.69) is 31.1 Å². The second kappa shape index (κ2) is 10.1. The first kappa shape index (κ1) is 22.7. The van der Waals surface area contributed by atoms with Crippen LogP contribution in [0.4, 0.5) is 4.79 Å². The number of alkyl carbamates (subject to hydrolysis) is 1. The van der Waals surface area contributed by atoms with Crippen LogP contribution in [0.2, 0.25) is 0 Å². The number of ether oxygens (including phenoxy) is 1. The number of carbonyl (C=O) groups is 1. The maximum Gasteiger partial charge on any atom is 0.408 e. The van der Waals surface area contributed by atoms with Crippen LogP contribution in [0.3, 0.4) is 0 Å². The standard InChI is InChI=1S/C18H34N6O3/c1-8-18(9-2,23-16(25)26-17(5,6)7)12-21-15(19-10-3)20-11-14-22-13(4)27-24-14/h8-12H2,1-7H3,(H,23,25)(H2,19,20,21). The molecule has 1 heterocycles. The minimum absolute atomic E-state index is 0.303. The van der Waals surface area contributed by atoms with Gasteiger partial charge in [-0.2, -0.15) is 4.98 Å². The Morgan fingerprint density at radius 2 is 1.85 bits per heavy atom. The van der Waals surface area contributed by atoms with E-state index in [1.807, 2.05) is 41.5 Å². The van der Waals surface area contributed by atoms with Crippen molar-refractivity contribution in [2.45, 2.75) is 79.0 Å². The molecule has 0 bridgehead atoms. The predicted octanol–water partition coefficient (Wildman–Crippen LogP) is 2.52. The van der Waals surface area contributed by atoms with Crippen LogP contribution in [0.1, 0.15) is 66.1 Å². The molecule has 0 atom stereocenters. The van der Waals surface area contributed by atoms with Gasteiger partial charge in [-0.15, -0.1) is 0 Å². The lowest BCUT2D eigenvalue weighted by Crippen LogP contribution is -2.57. The van der Waals surface area contributed by atoms with E-state index in [9.17, 15) is 4.79 Å². The molecule has 0 saturated heterocycles. The van der Waals surface area contributed by atoms with Crippen LogP contribution in [0, 0.1) is 6.92 Å². The summed E-state index contributed by atoms with van der Waals surface area (Å²) in [6.07, 6.45) is 1.08. The van der Waals surface area contributed by atoms with Crippen molar-refractivity contribution in [1.29, 1.82) is 0 Å². The van der Waals surface area contributed by atoms with Crippen molar-refractivity contribution < 1.29 is 14.1 Å². The number of carbonyl (C=O) groups excluding carboxylic acids is 1. The van der Waals surface area contributed by atoms with Gasteiger partial charge >= 0.3 is 6.09 Å². The summed E-state index contributed by atoms with van der Waals surface area (Å²) in [7, 11) is 0. The Morgan fingerprint density at radius 1 is 1.19 bits per heavy atom. The number of amides is 1. The molecule has 1 rings (SSSR count). The lowest BCUT2D eigenvalue weighted by atomic mass is 9.93. The topological polar surface area (TPSA) is 114 Å². The molecule has 0 radical (unpaired) electrons. The van der Waals surface area contributed by atoms with E-state index < -0.39 is 17.2 Å². The number of hydrogen-bond donors (Lipinski definition) is 3. The molecular weight excluding hydrogens is 348 g/mol. The van der Waals surface area contributed by atoms with Gasteiger partial charge in [-0.05, 0) is 40.5 Å². The van der Waals surface area contributed by atoms with Crippen LogP contribution in [0.25, 0.3) is 0 Å². The van der Waals surface area contributed by atoms with Crippen molar-refractivity contribution in [2.75, 3.05) is 13.1 Å². The number of nitrogens with one attached hydrogen (secondary N) is 3. The Morgan fingerprint density at radius 3 is 2.33 bits per heavy atom. The molecule has 3 N–H and O–H groups in total. The first-order chi connectivity index (χ1) is 12.6. The van der Waals surface area contributed by atoms with Gasteiger partial charge in [0.2, 0.25) is 5.89 Å². The number of aromatic nitrogens is 2. The molecule has 0 saturated carbocycles. The van der Waals surface area contributed by atoms with E-state index in [0.29, 0.717) is 37.3 Å². The summed E-state index contributed by atoms with van der Waals surface area (Å²) in [5.41, 5.74) is -0.981. The third-order valence-corrected chi connectivity index (χ3v) is 4.01. The van der Waals surface area contributed by atoms with Gasteiger partial charge in [0.05, 0.1) is 5.54 Å². The minimum atomic E-state index is -0.538. The van der Waals surface area contributed by atoms with Crippen molar-refractivity contribution in [3.63, 3.8) is 0 Å². The van der Waals surface area contributed by atoms with Crippen molar-refractivity contribution >= 4 is 12.1 Å². The van der Waals surface area contributed by atoms with E-state index >= 15 is 0 Å². The molecule has 0 unspecified atom stereocenters.